The van der Waals surface area contributed by atoms with E-state index in [1.165, 1.54) is 25.5 Å². The first-order valence-electron chi connectivity index (χ1n) is 10.4. The van der Waals surface area contributed by atoms with Crippen LogP contribution < -0.4 is 21.3 Å². The molecule has 10 heteroatoms. The largest absolute Gasteiger partial charge is 0.502 e. The van der Waals surface area contributed by atoms with Gasteiger partial charge in [0.1, 0.15) is 17.1 Å². The lowest BCUT2D eigenvalue weighted by Gasteiger charge is -2.26. The van der Waals surface area contributed by atoms with Gasteiger partial charge in [0.15, 0.2) is 11.2 Å². The summed E-state index contributed by atoms with van der Waals surface area (Å²) in [4.78, 5) is 39.7. The van der Waals surface area contributed by atoms with Crippen LogP contribution in [0, 0.1) is 0 Å². The molecule has 174 valence electrons. The second-order valence-electron chi connectivity index (χ2n) is 7.78. The molecule has 10 nitrogen and oxygen atoms in total. The molecule has 3 N–H and O–H groups in total. The van der Waals surface area contributed by atoms with Crippen molar-refractivity contribution in [2.24, 2.45) is 5.73 Å². The van der Waals surface area contributed by atoms with Gasteiger partial charge in [0.2, 0.25) is 17.1 Å². The van der Waals surface area contributed by atoms with Crippen LogP contribution in [0.2, 0.25) is 0 Å². The molecule has 2 aromatic heterocycles. The molecular weight excluding hydrogens is 432 g/mol. The van der Waals surface area contributed by atoms with Crippen molar-refractivity contribution >= 4 is 16.9 Å². The fraction of sp³-hybridized carbons (Fsp3) is 0.348. The molecule has 0 unspecified atom stereocenters. The highest BCUT2D eigenvalue weighted by Gasteiger charge is 2.29. The van der Waals surface area contributed by atoms with E-state index in [2.05, 4.69) is 0 Å². The summed E-state index contributed by atoms with van der Waals surface area (Å²) in [5.41, 5.74) is 4.64. The third kappa shape index (κ3) is 4.76. The molecule has 1 fully saturated rings. The van der Waals surface area contributed by atoms with E-state index in [1.54, 1.807) is 12.1 Å². The molecule has 1 aromatic carbocycles. The number of hydrogen-bond acceptors (Lipinski definition) is 9. The molecule has 0 spiro atoms. The van der Waals surface area contributed by atoms with Crippen molar-refractivity contribution in [2.45, 2.75) is 18.9 Å². The first-order chi connectivity index (χ1) is 15.9. The number of rotatable bonds is 7. The molecule has 0 radical (unpaired) electrons. The van der Waals surface area contributed by atoms with Gasteiger partial charge in [-0.1, -0.05) is 0 Å². The molecule has 3 heterocycles. The van der Waals surface area contributed by atoms with Gasteiger partial charge in [0.25, 0.3) is 0 Å². The van der Waals surface area contributed by atoms with Crippen molar-refractivity contribution in [3.63, 3.8) is 0 Å². The quantitative estimate of drug-likeness (QED) is 0.537. The Bertz CT molecular complexity index is 1290. The highest BCUT2D eigenvalue weighted by Crippen LogP contribution is 2.33. The molecule has 0 saturated carbocycles. The fourth-order valence-corrected chi connectivity index (χ4v) is 3.89. The van der Waals surface area contributed by atoms with E-state index in [-0.39, 0.29) is 28.9 Å². The average molecular weight is 456 g/mol. The number of aromatic hydroxyl groups is 1. The second-order valence-corrected chi connectivity index (χ2v) is 7.78. The molecule has 1 atom stereocenters. The summed E-state index contributed by atoms with van der Waals surface area (Å²) >= 11 is 0. The Kier molecular flexibility index (Phi) is 6.47. The molecule has 1 amide bonds. The summed E-state index contributed by atoms with van der Waals surface area (Å²) in [6.07, 6.45) is 0.816. The van der Waals surface area contributed by atoms with Crippen LogP contribution in [-0.2, 0) is 16.1 Å². The maximum Gasteiger partial charge on any atom is 0.227 e. The molecule has 1 aliphatic rings. The van der Waals surface area contributed by atoms with Gasteiger partial charge in [0.05, 0.1) is 44.4 Å². The Labute approximate surface area is 188 Å². The molecular formula is C23H24N2O8. The van der Waals surface area contributed by atoms with Crippen LogP contribution >= 0.6 is 0 Å². The van der Waals surface area contributed by atoms with Crippen LogP contribution in [0.5, 0.6) is 11.5 Å². The number of primary amides is 1. The second kappa shape index (κ2) is 9.47. The van der Waals surface area contributed by atoms with E-state index >= 15 is 0 Å². The summed E-state index contributed by atoms with van der Waals surface area (Å²) < 4.78 is 22.0. The number of carbonyl (C=O) groups excluding carboxylic acids is 1. The van der Waals surface area contributed by atoms with E-state index in [1.807, 2.05) is 4.90 Å². The van der Waals surface area contributed by atoms with E-state index < -0.39 is 28.4 Å². The first-order valence-corrected chi connectivity index (χ1v) is 10.4. The van der Waals surface area contributed by atoms with E-state index in [4.69, 9.17) is 24.0 Å². The fourth-order valence-electron chi connectivity index (χ4n) is 3.89. The van der Waals surface area contributed by atoms with Crippen LogP contribution in [0.1, 0.15) is 29.4 Å². The number of nitrogens with two attached hydrogens (primary N) is 1. The van der Waals surface area contributed by atoms with Gasteiger partial charge in [0, 0.05) is 31.1 Å². The van der Waals surface area contributed by atoms with Crippen LogP contribution in [0.4, 0.5) is 0 Å². The Balaban J connectivity index is 1.82. The Hall–Kier alpha value is -3.63. The minimum Gasteiger partial charge on any atom is -0.502 e. The topological polar surface area (TPSA) is 145 Å². The van der Waals surface area contributed by atoms with Crippen molar-refractivity contribution in [3.05, 3.63) is 68.1 Å². The van der Waals surface area contributed by atoms with Gasteiger partial charge in [-0.2, -0.15) is 0 Å². The molecule has 33 heavy (non-hydrogen) atoms. The molecule has 1 saturated heterocycles. The number of carbonyl (C=O) groups is 1. The van der Waals surface area contributed by atoms with Gasteiger partial charge in [-0.05, 0) is 18.2 Å². The van der Waals surface area contributed by atoms with Crippen LogP contribution in [0.3, 0.4) is 0 Å². The smallest absolute Gasteiger partial charge is 0.227 e. The van der Waals surface area contributed by atoms with Crippen molar-refractivity contribution in [2.75, 3.05) is 33.4 Å². The minimum atomic E-state index is -1.12. The maximum atomic E-state index is 13.3. The standard InChI is InChI=1S/C23H24N2O8/c1-30-13-2-3-19-16(8-13)21(28)17(12-32-19)15(10-20(24)27)23-22(29)18(26)9-14(33-23)11-25-4-6-31-7-5-25/h2-3,8-9,12,15,29H,4-7,10-11H2,1H3,(H2,24,27)/t15-/m1/s1. The summed E-state index contributed by atoms with van der Waals surface area (Å²) in [7, 11) is 1.47. The van der Waals surface area contributed by atoms with E-state index in [9.17, 15) is 19.5 Å². The van der Waals surface area contributed by atoms with Gasteiger partial charge in [-0.15, -0.1) is 0 Å². The number of amides is 1. The number of morpholine rings is 1. The average Bonchev–Trinajstić information content (AvgIpc) is 2.81. The zero-order chi connectivity index (χ0) is 23.5. The Morgan fingerprint density at radius 3 is 2.70 bits per heavy atom. The van der Waals surface area contributed by atoms with Gasteiger partial charge in [-0.25, -0.2) is 0 Å². The van der Waals surface area contributed by atoms with Crippen LogP contribution in [0.25, 0.3) is 11.0 Å². The van der Waals surface area contributed by atoms with Gasteiger partial charge >= 0.3 is 0 Å². The summed E-state index contributed by atoms with van der Waals surface area (Å²) in [5, 5.41) is 10.7. The number of hydrogen-bond donors (Lipinski definition) is 2. The monoisotopic (exact) mass is 456 g/mol. The zero-order valence-electron chi connectivity index (χ0n) is 18.0. The zero-order valence-corrected chi connectivity index (χ0v) is 18.0. The molecule has 4 rings (SSSR count). The number of benzene rings is 1. The maximum absolute atomic E-state index is 13.3. The summed E-state index contributed by atoms with van der Waals surface area (Å²) in [6.45, 7) is 2.72. The van der Waals surface area contributed by atoms with E-state index in [0.717, 1.165) is 0 Å². The van der Waals surface area contributed by atoms with Gasteiger partial charge < -0.3 is 29.1 Å². The highest BCUT2D eigenvalue weighted by molar-refractivity contribution is 5.80. The van der Waals surface area contributed by atoms with Crippen LogP contribution in [-0.4, -0.2) is 49.3 Å². The molecule has 3 aromatic rings. The Morgan fingerprint density at radius 1 is 1.24 bits per heavy atom. The lowest BCUT2D eigenvalue weighted by molar-refractivity contribution is -0.118. The first kappa shape index (κ1) is 22.6. The number of nitrogens with zero attached hydrogens (tertiary/aromatic N) is 1. The van der Waals surface area contributed by atoms with Crippen LogP contribution in [0.15, 0.2) is 49.0 Å². The summed E-state index contributed by atoms with van der Waals surface area (Å²) in [5.74, 6) is -2.02. The lowest BCUT2D eigenvalue weighted by atomic mass is 9.92. The molecule has 0 bridgehead atoms. The summed E-state index contributed by atoms with van der Waals surface area (Å²) in [6, 6.07) is 5.94. The highest BCUT2D eigenvalue weighted by atomic mass is 16.5. The third-order valence-corrected chi connectivity index (χ3v) is 5.59. The van der Waals surface area contributed by atoms with Crippen molar-refractivity contribution in [1.29, 1.82) is 0 Å². The van der Waals surface area contributed by atoms with Gasteiger partial charge in [-0.3, -0.25) is 19.3 Å². The third-order valence-electron chi connectivity index (χ3n) is 5.59. The van der Waals surface area contributed by atoms with E-state index in [0.29, 0.717) is 44.2 Å². The molecule has 1 aliphatic heterocycles. The number of fused-ring (bicyclic) bond motifs is 1. The SMILES string of the molecule is COc1ccc2occ([C@@H](CC(N)=O)c3oc(CN4CCOCC4)cc(=O)c3O)c(=O)c2c1. The normalized spacial score (nSPS) is 15.4. The van der Waals surface area contributed by atoms with Crippen molar-refractivity contribution in [3.8, 4) is 11.5 Å². The predicted octanol–water partition coefficient (Wildman–Crippen LogP) is 1.30. The minimum absolute atomic E-state index is 0.0246. The van der Waals surface area contributed by atoms with Crippen molar-refractivity contribution < 1.29 is 28.2 Å². The number of ether oxygens (including phenoxy) is 2. The molecule has 0 aliphatic carbocycles. The predicted molar refractivity (Wildman–Crippen MR) is 117 cm³/mol. The van der Waals surface area contributed by atoms with Crippen molar-refractivity contribution in [1.82, 2.24) is 4.90 Å². The number of methoxy groups -OCH3 is 1. The Morgan fingerprint density at radius 2 is 2.00 bits per heavy atom. The lowest BCUT2D eigenvalue weighted by Crippen LogP contribution is -2.35.